The van der Waals surface area contributed by atoms with Crippen molar-refractivity contribution in [1.82, 2.24) is 0 Å². The first kappa shape index (κ1) is 10.7. The van der Waals surface area contributed by atoms with Gasteiger partial charge >= 0.3 is 5.97 Å². The lowest BCUT2D eigenvalue weighted by Gasteiger charge is -1.79. The van der Waals surface area contributed by atoms with E-state index in [4.69, 9.17) is 14.6 Å². The average molecular weight is 172 g/mol. The van der Waals surface area contributed by atoms with Crippen molar-refractivity contribution in [3.8, 4) is 0 Å². The second kappa shape index (κ2) is 6.42. The Morgan fingerprint density at radius 2 is 2.25 bits per heavy atom. The van der Waals surface area contributed by atoms with Crippen molar-refractivity contribution < 1.29 is 19.4 Å². The van der Waals surface area contributed by atoms with Crippen molar-refractivity contribution in [3.05, 3.63) is 24.2 Å². The number of hydrogen-bond donors (Lipinski definition) is 2. The third-order valence-corrected chi connectivity index (χ3v) is 1.04. The van der Waals surface area contributed by atoms with Crippen LogP contribution in [0.2, 0.25) is 0 Å². The molecule has 0 fully saturated rings. The zero-order valence-electron chi connectivity index (χ0n) is 6.86. The molecule has 4 heteroatoms. The molecule has 12 heavy (non-hydrogen) atoms. The van der Waals surface area contributed by atoms with E-state index in [1.807, 2.05) is 0 Å². The minimum Gasteiger partial charge on any atom is -0.481 e. The van der Waals surface area contributed by atoms with E-state index in [9.17, 15) is 4.79 Å². The van der Waals surface area contributed by atoms with Crippen molar-refractivity contribution in [3.63, 3.8) is 0 Å². The fraction of sp³-hybridized carbons (Fsp3) is 0.375. The Morgan fingerprint density at radius 3 is 2.42 bits per heavy atom. The molecule has 0 aromatic carbocycles. The zero-order chi connectivity index (χ0) is 9.40. The van der Waals surface area contributed by atoms with Crippen LogP contribution >= 0.6 is 0 Å². The van der Waals surface area contributed by atoms with Gasteiger partial charge in [-0.2, -0.15) is 0 Å². The Bertz CT molecular complexity index is 203. The van der Waals surface area contributed by atoms with Gasteiger partial charge in [-0.15, -0.1) is 0 Å². The van der Waals surface area contributed by atoms with E-state index in [-0.39, 0.29) is 13.0 Å². The summed E-state index contributed by atoms with van der Waals surface area (Å²) in [6, 6.07) is 3.46. The summed E-state index contributed by atoms with van der Waals surface area (Å²) >= 11 is 0. The molecule has 2 N–H and O–H groups in total. The summed E-state index contributed by atoms with van der Waals surface area (Å²) in [6.07, 6.45) is 1.76. The van der Waals surface area contributed by atoms with Crippen LogP contribution in [0.4, 0.5) is 0 Å². The number of carboxylic acids is 1. The molecule has 0 radical (unpaired) electrons. The van der Waals surface area contributed by atoms with E-state index in [2.05, 4.69) is 0 Å². The van der Waals surface area contributed by atoms with Crippen LogP contribution in [-0.2, 0) is 11.4 Å². The van der Waals surface area contributed by atoms with Crippen molar-refractivity contribution in [2.75, 3.05) is 0 Å². The molecule has 1 aromatic rings. The summed E-state index contributed by atoms with van der Waals surface area (Å²) in [5.74, 6) is -0.134. The summed E-state index contributed by atoms with van der Waals surface area (Å²) in [5, 5.41) is 16.1. The van der Waals surface area contributed by atoms with Gasteiger partial charge in [-0.25, -0.2) is 0 Å². The van der Waals surface area contributed by atoms with Gasteiger partial charge in [0, 0.05) is 6.42 Å². The summed E-state index contributed by atoms with van der Waals surface area (Å²) < 4.78 is 4.73. The van der Waals surface area contributed by atoms with E-state index in [1.54, 1.807) is 19.1 Å². The highest BCUT2D eigenvalue weighted by Gasteiger charge is 1.85. The minimum absolute atomic E-state index is 0.00694. The van der Waals surface area contributed by atoms with Gasteiger partial charge in [-0.3, -0.25) is 4.79 Å². The lowest BCUT2D eigenvalue weighted by atomic mass is 10.5. The van der Waals surface area contributed by atoms with E-state index in [1.165, 1.54) is 6.26 Å². The first-order valence-electron chi connectivity index (χ1n) is 3.55. The minimum atomic E-state index is -0.745. The molecule has 0 aliphatic rings. The summed E-state index contributed by atoms with van der Waals surface area (Å²) in [7, 11) is 0. The second-order valence-electron chi connectivity index (χ2n) is 1.98. The number of furan rings is 1. The van der Waals surface area contributed by atoms with Gasteiger partial charge in [-0.05, 0) is 12.1 Å². The quantitative estimate of drug-likeness (QED) is 0.704. The fourth-order valence-electron chi connectivity index (χ4n) is 0.403. The number of aliphatic carboxylic acids is 1. The highest BCUT2D eigenvalue weighted by molar-refractivity contribution is 5.66. The number of carbonyl (C=O) groups is 1. The average Bonchev–Trinajstić information content (AvgIpc) is 2.57. The van der Waals surface area contributed by atoms with Crippen LogP contribution in [0, 0.1) is 0 Å². The lowest BCUT2D eigenvalue weighted by Crippen LogP contribution is -1.86. The summed E-state index contributed by atoms with van der Waals surface area (Å²) in [6.45, 7) is 1.59. The van der Waals surface area contributed by atoms with Gasteiger partial charge in [0.25, 0.3) is 0 Å². The highest BCUT2D eigenvalue weighted by Crippen LogP contribution is 1.96. The SMILES string of the molecule is CCC(=O)O.OCc1ccco1. The predicted octanol–water partition coefficient (Wildman–Crippen LogP) is 1.25. The molecular formula is C8H12O4. The van der Waals surface area contributed by atoms with E-state index < -0.39 is 5.97 Å². The molecule has 1 rings (SSSR count). The molecule has 1 aromatic heterocycles. The van der Waals surface area contributed by atoms with Crippen LogP contribution in [0.25, 0.3) is 0 Å². The normalized spacial score (nSPS) is 8.50. The Balaban J connectivity index is 0.000000217. The van der Waals surface area contributed by atoms with Crippen molar-refractivity contribution >= 4 is 5.97 Å². The van der Waals surface area contributed by atoms with Crippen LogP contribution in [0.3, 0.4) is 0 Å². The first-order chi connectivity index (χ1) is 5.70. The van der Waals surface area contributed by atoms with Crippen LogP contribution in [0.5, 0.6) is 0 Å². The van der Waals surface area contributed by atoms with Crippen LogP contribution in [0.15, 0.2) is 22.8 Å². The zero-order valence-corrected chi connectivity index (χ0v) is 6.86. The van der Waals surface area contributed by atoms with Crippen LogP contribution < -0.4 is 0 Å². The molecule has 0 spiro atoms. The van der Waals surface area contributed by atoms with Crippen molar-refractivity contribution in [1.29, 1.82) is 0 Å². The molecule has 0 amide bonds. The topological polar surface area (TPSA) is 70.7 Å². The summed E-state index contributed by atoms with van der Waals surface area (Å²) in [5.41, 5.74) is 0. The Kier molecular flexibility index (Phi) is 5.73. The van der Waals surface area contributed by atoms with Gasteiger partial charge in [0.1, 0.15) is 12.4 Å². The molecule has 1 heterocycles. The van der Waals surface area contributed by atoms with Crippen LogP contribution in [0.1, 0.15) is 19.1 Å². The van der Waals surface area contributed by atoms with E-state index >= 15 is 0 Å². The largest absolute Gasteiger partial charge is 0.481 e. The van der Waals surface area contributed by atoms with E-state index in [0.29, 0.717) is 5.76 Å². The number of carboxylic acid groups (broad SMARTS) is 1. The van der Waals surface area contributed by atoms with E-state index in [0.717, 1.165) is 0 Å². The summed E-state index contributed by atoms with van der Waals surface area (Å²) in [4.78, 5) is 9.37. The molecule has 0 aliphatic heterocycles. The molecule has 0 unspecified atom stereocenters. The number of aliphatic hydroxyl groups is 1. The van der Waals surface area contributed by atoms with Gasteiger partial charge in [0.2, 0.25) is 0 Å². The van der Waals surface area contributed by atoms with Crippen LogP contribution in [-0.4, -0.2) is 16.2 Å². The second-order valence-corrected chi connectivity index (χ2v) is 1.98. The van der Waals surface area contributed by atoms with Crippen molar-refractivity contribution in [2.24, 2.45) is 0 Å². The van der Waals surface area contributed by atoms with Crippen molar-refractivity contribution in [2.45, 2.75) is 20.0 Å². The fourth-order valence-corrected chi connectivity index (χ4v) is 0.403. The lowest BCUT2D eigenvalue weighted by molar-refractivity contribution is -0.136. The Hall–Kier alpha value is -1.29. The van der Waals surface area contributed by atoms with Gasteiger partial charge in [0.15, 0.2) is 0 Å². The molecule has 0 bridgehead atoms. The van der Waals surface area contributed by atoms with Gasteiger partial charge in [-0.1, -0.05) is 6.92 Å². The number of aliphatic hydroxyl groups excluding tert-OH is 1. The molecule has 68 valence electrons. The maximum atomic E-state index is 9.37. The molecule has 0 saturated heterocycles. The molecule has 0 atom stereocenters. The smallest absolute Gasteiger partial charge is 0.303 e. The monoisotopic (exact) mass is 172 g/mol. The standard InChI is InChI=1S/C5H6O2.C3H6O2/c6-4-5-2-1-3-7-5;1-2-3(4)5/h1-3,6H,4H2;2H2,1H3,(H,4,5). The Morgan fingerprint density at radius 1 is 1.67 bits per heavy atom. The highest BCUT2D eigenvalue weighted by atomic mass is 16.4. The third-order valence-electron chi connectivity index (χ3n) is 1.04. The number of rotatable bonds is 2. The molecule has 4 nitrogen and oxygen atoms in total. The molecule has 0 saturated carbocycles. The predicted molar refractivity (Wildman–Crippen MR) is 42.6 cm³/mol. The maximum Gasteiger partial charge on any atom is 0.303 e. The molecule has 0 aliphatic carbocycles. The first-order valence-corrected chi connectivity index (χ1v) is 3.55. The number of hydrogen-bond acceptors (Lipinski definition) is 3. The third kappa shape index (κ3) is 5.49. The van der Waals surface area contributed by atoms with Gasteiger partial charge in [0.05, 0.1) is 6.26 Å². The van der Waals surface area contributed by atoms with Gasteiger partial charge < -0.3 is 14.6 Å². The maximum absolute atomic E-state index is 9.37. The molecular weight excluding hydrogens is 160 g/mol. The Labute approximate surface area is 70.4 Å².